The number of thiocarbonyl (C=S) groups is 1. The molecule has 0 unspecified atom stereocenters. The predicted molar refractivity (Wildman–Crippen MR) is 111 cm³/mol. The Morgan fingerprint density at radius 3 is 2.42 bits per heavy atom. The smallest absolute Gasteiger partial charge is 0.253 e. The summed E-state index contributed by atoms with van der Waals surface area (Å²) in [5.41, 5.74) is 1.44. The largest absolute Gasteiger partial charge is 0.360 e. The molecule has 0 aromatic heterocycles. The highest BCUT2D eigenvalue weighted by Gasteiger charge is 2.24. The second-order valence-electron chi connectivity index (χ2n) is 6.16. The van der Waals surface area contributed by atoms with Gasteiger partial charge in [-0.2, -0.15) is 0 Å². The van der Waals surface area contributed by atoms with Gasteiger partial charge in [0.2, 0.25) is 0 Å². The van der Waals surface area contributed by atoms with Crippen LogP contribution in [0.3, 0.4) is 0 Å². The number of likely N-dealkylation sites (tertiary alicyclic amines) is 1. The van der Waals surface area contributed by atoms with E-state index in [0.29, 0.717) is 33.9 Å². The fourth-order valence-corrected chi connectivity index (χ4v) is 3.66. The Kier molecular flexibility index (Phi) is 6.35. The summed E-state index contributed by atoms with van der Waals surface area (Å²) < 4.78 is 0. The molecule has 1 aliphatic rings. The topological polar surface area (TPSA) is 44.4 Å². The van der Waals surface area contributed by atoms with E-state index in [1.54, 1.807) is 18.2 Å². The molecule has 0 saturated carbocycles. The highest BCUT2D eigenvalue weighted by Crippen LogP contribution is 2.25. The van der Waals surface area contributed by atoms with Crippen molar-refractivity contribution in [1.82, 2.24) is 10.2 Å². The van der Waals surface area contributed by atoms with Crippen molar-refractivity contribution in [3.63, 3.8) is 0 Å². The van der Waals surface area contributed by atoms with Crippen LogP contribution in [0.25, 0.3) is 0 Å². The molecule has 7 heteroatoms. The van der Waals surface area contributed by atoms with Gasteiger partial charge < -0.3 is 15.5 Å². The lowest BCUT2D eigenvalue weighted by Crippen LogP contribution is -2.47. The summed E-state index contributed by atoms with van der Waals surface area (Å²) in [6.07, 6.45) is 1.68. The van der Waals surface area contributed by atoms with E-state index in [1.165, 1.54) is 0 Å². The molecule has 2 N–H and O–H groups in total. The summed E-state index contributed by atoms with van der Waals surface area (Å²) in [5.74, 6) is 0.0812. The highest BCUT2D eigenvalue weighted by atomic mass is 35.5. The minimum Gasteiger partial charge on any atom is -0.360 e. The normalized spacial score (nSPS) is 14.8. The van der Waals surface area contributed by atoms with Crippen LogP contribution in [0.4, 0.5) is 5.69 Å². The maximum absolute atomic E-state index is 12.5. The Morgan fingerprint density at radius 1 is 1.08 bits per heavy atom. The van der Waals surface area contributed by atoms with Gasteiger partial charge in [-0.1, -0.05) is 41.4 Å². The molecule has 0 radical (unpaired) electrons. The van der Waals surface area contributed by atoms with Crippen LogP contribution in [-0.4, -0.2) is 35.1 Å². The van der Waals surface area contributed by atoms with Crippen LogP contribution in [0.5, 0.6) is 0 Å². The number of hydrogen-bond donors (Lipinski definition) is 2. The van der Waals surface area contributed by atoms with Gasteiger partial charge in [-0.05, 0) is 55.4 Å². The van der Waals surface area contributed by atoms with E-state index in [9.17, 15) is 4.79 Å². The average molecular weight is 408 g/mol. The molecule has 1 saturated heterocycles. The lowest BCUT2D eigenvalue weighted by atomic mass is 10.0. The standard InChI is InChI=1S/C19H19Cl2N3OS/c20-14-6-7-17(16(21)12-14)23-19(26)22-15-8-10-24(11-9-15)18(25)13-4-2-1-3-5-13/h1-7,12,15H,8-11H2,(H2,22,23,26). The number of piperidine rings is 1. The summed E-state index contributed by atoms with van der Waals surface area (Å²) in [7, 11) is 0. The molecular weight excluding hydrogens is 389 g/mol. The van der Waals surface area contributed by atoms with E-state index >= 15 is 0 Å². The summed E-state index contributed by atoms with van der Waals surface area (Å²) in [6.45, 7) is 1.41. The van der Waals surface area contributed by atoms with Crippen LogP contribution in [0.2, 0.25) is 10.0 Å². The summed E-state index contributed by atoms with van der Waals surface area (Å²) >= 11 is 17.4. The van der Waals surface area contributed by atoms with Crippen LogP contribution >= 0.6 is 35.4 Å². The zero-order chi connectivity index (χ0) is 18.5. The summed E-state index contributed by atoms with van der Waals surface area (Å²) in [5, 5.41) is 8.01. The van der Waals surface area contributed by atoms with Gasteiger partial charge in [-0.15, -0.1) is 0 Å². The fourth-order valence-electron chi connectivity index (χ4n) is 2.92. The van der Waals surface area contributed by atoms with Crippen molar-refractivity contribution in [1.29, 1.82) is 0 Å². The number of rotatable bonds is 3. The van der Waals surface area contributed by atoms with E-state index in [-0.39, 0.29) is 11.9 Å². The van der Waals surface area contributed by atoms with E-state index in [0.717, 1.165) is 18.4 Å². The van der Waals surface area contributed by atoms with Crippen LogP contribution in [0.15, 0.2) is 48.5 Å². The molecule has 0 bridgehead atoms. The van der Waals surface area contributed by atoms with Gasteiger partial charge in [0.1, 0.15) is 0 Å². The van der Waals surface area contributed by atoms with Crippen LogP contribution in [0.1, 0.15) is 23.2 Å². The molecule has 26 heavy (non-hydrogen) atoms. The van der Waals surface area contributed by atoms with E-state index in [2.05, 4.69) is 10.6 Å². The van der Waals surface area contributed by atoms with Gasteiger partial charge >= 0.3 is 0 Å². The van der Waals surface area contributed by atoms with Crippen molar-refractivity contribution in [2.45, 2.75) is 18.9 Å². The van der Waals surface area contributed by atoms with Gasteiger partial charge in [0, 0.05) is 29.7 Å². The van der Waals surface area contributed by atoms with Gasteiger partial charge in [0.15, 0.2) is 5.11 Å². The van der Waals surface area contributed by atoms with Crippen molar-refractivity contribution in [2.24, 2.45) is 0 Å². The first-order valence-corrected chi connectivity index (χ1v) is 9.56. The summed E-state index contributed by atoms with van der Waals surface area (Å²) in [6, 6.07) is 14.8. The molecule has 1 heterocycles. The van der Waals surface area contributed by atoms with Crippen LogP contribution in [0, 0.1) is 0 Å². The molecule has 0 aliphatic carbocycles. The number of carbonyl (C=O) groups is 1. The van der Waals surface area contributed by atoms with Gasteiger partial charge in [0.05, 0.1) is 10.7 Å². The molecule has 3 rings (SSSR count). The first-order valence-electron chi connectivity index (χ1n) is 8.40. The Bertz CT molecular complexity index is 793. The van der Waals surface area contributed by atoms with Gasteiger partial charge in [-0.3, -0.25) is 4.79 Å². The number of halogens is 2. The first-order chi connectivity index (χ1) is 12.5. The molecule has 4 nitrogen and oxygen atoms in total. The molecule has 0 spiro atoms. The number of benzene rings is 2. The zero-order valence-electron chi connectivity index (χ0n) is 14.0. The molecule has 1 fully saturated rings. The second-order valence-corrected chi connectivity index (χ2v) is 7.41. The second kappa shape index (κ2) is 8.71. The summed E-state index contributed by atoms with van der Waals surface area (Å²) in [4.78, 5) is 14.4. The molecule has 136 valence electrons. The minimum atomic E-state index is 0.0812. The van der Waals surface area contributed by atoms with E-state index in [1.807, 2.05) is 35.2 Å². The Labute approximate surface area is 168 Å². The van der Waals surface area contributed by atoms with Crippen molar-refractivity contribution in [3.05, 3.63) is 64.1 Å². The van der Waals surface area contributed by atoms with Crippen molar-refractivity contribution < 1.29 is 4.79 Å². The number of hydrogen-bond acceptors (Lipinski definition) is 2. The third kappa shape index (κ3) is 4.87. The Morgan fingerprint density at radius 2 is 1.77 bits per heavy atom. The fraction of sp³-hybridized carbons (Fsp3) is 0.263. The number of anilines is 1. The maximum atomic E-state index is 12.5. The van der Waals surface area contributed by atoms with E-state index in [4.69, 9.17) is 35.4 Å². The first kappa shape index (κ1) is 19.0. The SMILES string of the molecule is O=C(c1ccccc1)N1CCC(NC(=S)Nc2ccc(Cl)cc2Cl)CC1. The number of nitrogens with zero attached hydrogens (tertiary/aromatic N) is 1. The van der Waals surface area contributed by atoms with Gasteiger partial charge in [0.25, 0.3) is 5.91 Å². The number of nitrogens with one attached hydrogen (secondary N) is 2. The van der Waals surface area contributed by atoms with Crippen LogP contribution < -0.4 is 10.6 Å². The molecule has 0 atom stereocenters. The molecule has 1 amide bonds. The third-order valence-electron chi connectivity index (χ3n) is 4.32. The zero-order valence-corrected chi connectivity index (χ0v) is 16.4. The molecule has 2 aromatic rings. The lowest BCUT2D eigenvalue weighted by molar-refractivity contribution is 0.0710. The third-order valence-corrected chi connectivity index (χ3v) is 5.09. The maximum Gasteiger partial charge on any atom is 0.253 e. The quantitative estimate of drug-likeness (QED) is 0.730. The van der Waals surface area contributed by atoms with E-state index < -0.39 is 0 Å². The van der Waals surface area contributed by atoms with Crippen molar-refractivity contribution in [3.8, 4) is 0 Å². The molecule has 1 aliphatic heterocycles. The Balaban J connectivity index is 1.49. The molecule has 2 aromatic carbocycles. The van der Waals surface area contributed by atoms with Gasteiger partial charge in [-0.25, -0.2) is 0 Å². The lowest BCUT2D eigenvalue weighted by Gasteiger charge is -2.33. The van der Waals surface area contributed by atoms with Crippen LogP contribution in [-0.2, 0) is 0 Å². The van der Waals surface area contributed by atoms with Crippen molar-refractivity contribution in [2.75, 3.05) is 18.4 Å². The number of carbonyl (C=O) groups excluding carboxylic acids is 1. The number of amides is 1. The predicted octanol–water partition coefficient (Wildman–Crippen LogP) is 4.58. The monoisotopic (exact) mass is 407 g/mol. The average Bonchev–Trinajstić information content (AvgIpc) is 2.65. The minimum absolute atomic E-state index is 0.0812. The molecular formula is C19H19Cl2N3OS. The highest BCUT2D eigenvalue weighted by molar-refractivity contribution is 7.80. The Hall–Kier alpha value is -1.82. The van der Waals surface area contributed by atoms with Crippen molar-refractivity contribution >= 4 is 52.1 Å².